The number of hydrogen-bond donors (Lipinski definition) is 3. The second kappa shape index (κ2) is 6.85. The highest BCUT2D eigenvalue weighted by molar-refractivity contribution is 5.81. The van der Waals surface area contributed by atoms with Gasteiger partial charge in [-0.25, -0.2) is 0 Å². The Bertz CT molecular complexity index is 594. The molecule has 0 aliphatic heterocycles. The quantitative estimate of drug-likeness (QED) is 0.704. The number of carbonyl (C=O) groups is 1. The van der Waals surface area contributed by atoms with Gasteiger partial charge in [0.15, 0.2) is 5.82 Å². The molecule has 2 rings (SSSR count). The van der Waals surface area contributed by atoms with Crippen molar-refractivity contribution in [2.24, 2.45) is 5.73 Å². The van der Waals surface area contributed by atoms with Crippen LogP contribution in [0.3, 0.4) is 0 Å². The Morgan fingerprint density at radius 3 is 2.81 bits per heavy atom. The van der Waals surface area contributed by atoms with Gasteiger partial charge in [0.2, 0.25) is 5.91 Å². The molecular formula is C14H19N5O2. The summed E-state index contributed by atoms with van der Waals surface area (Å²) >= 11 is 0. The number of carbonyl (C=O) groups excluding carboxylic acids is 1. The molecule has 4 N–H and O–H groups in total. The first kappa shape index (κ1) is 15.0. The Morgan fingerprint density at radius 1 is 1.43 bits per heavy atom. The van der Waals surface area contributed by atoms with E-state index in [0.717, 1.165) is 12.1 Å². The van der Waals surface area contributed by atoms with Crippen molar-refractivity contribution in [2.75, 3.05) is 0 Å². The third-order valence-electron chi connectivity index (χ3n) is 3.19. The molecule has 1 unspecified atom stereocenters. The normalized spacial score (nSPS) is 12.1. The Kier molecular flexibility index (Phi) is 4.89. The first-order chi connectivity index (χ1) is 10.1. The van der Waals surface area contributed by atoms with Gasteiger partial charge >= 0.3 is 0 Å². The van der Waals surface area contributed by atoms with E-state index in [1.807, 2.05) is 11.5 Å². The van der Waals surface area contributed by atoms with E-state index >= 15 is 0 Å². The third kappa shape index (κ3) is 4.03. The molecule has 112 valence electrons. The lowest BCUT2D eigenvalue weighted by atomic mass is 10.1. The first-order valence-corrected chi connectivity index (χ1v) is 6.78. The number of hydrogen-bond acceptors (Lipinski definition) is 5. The Hall–Kier alpha value is -2.41. The summed E-state index contributed by atoms with van der Waals surface area (Å²) in [5.41, 5.74) is 6.78. The molecule has 1 aromatic heterocycles. The van der Waals surface area contributed by atoms with Crippen LogP contribution in [0.25, 0.3) is 0 Å². The standard InChI is InChI=1S/C14H19N5O2/c1-2-19-9-17-18-13(19)8-16-14(21)12(15)7-10-3-5-11(20)6-4-10/h3-6,9,12,20H,2,7-8,15H2,1H3,(H,16,21). The number of benzene rings is 1. The van der Waals surface area contributed by atoms with Crippen LogP contribution in [0.2, 0.25) is 0 Å². The van der Waals surface area contributed by atoms with Crippen LogP contribution < -0.4 is 11.1 Å². The molecule has 1 aromatic carbocycles. The van der Waals surface area contributed by atoms with Crippen LogP contribution in [0.4, 0.5) is 0 Å². The van der Waals surface area contributed by atoms with Crippen molar-refractivity contribution in [1.82, 2.24) is 20.1 Å². The predicted octanol–water partition coefficient (Wildman–Crippen LogP) is 0.190. The van der Waals surface area contributed by atoms with Crippen molar-refractivity contribution < 1.29 is 9.90 Å². The molecule has 0 saturated carbocycles. The minimum atomic E-state index is -0.646. The number of phenolic OH excluding ortho intramolecular Hbond substituents is 1. The van der Waals surface area contributed by atoms with E-state index in [-0.39, 0.29) is 11.7 Å². The molecule has 0 aliphatic carbocycles. The van der Waals surface area contributed by atoms with E-state index in [1.165, 1.54) is 0 Å². The minimum Gasteiger partial charge on any atom is -0.508 e. The largest absolute Gasteiger partial charge is 0.508 e. The number of aryl methyl sites for hydroxylation is 1. The number of nitrogens with zero attached hydrogens (tertiary/aromatic N) is 3. The summed E-state index contributed by atoms with van der Waals surface area (Å²) in [5, 5.41) is 19.7. The van der Waals surface area contributed by atoms with E-state index < -0.39 is 6.04 Å². The lowest BCUT2D eigenvalue weighted by Crippen LogP contribution is -2.42. The molecule has 1 atom stereocenters. The molecule has 1 heterocycles. The van der Waals surface area contributed by atoms with Gasteiger partial charge in [0, 0.05) is 6.54 Å². The van der Waals surface area contributed by atoms with Gasteiger partial charge in [0.05, 0.1) is 12.6 Å². The molecule has 0 bridgehead atoms. The Labute approximate surface area is 122 Å². The molecular weight excluding hydrogens is 270 g/mol. The molecule has 7 heteroatoms. The number of phenols is 1. The van der Waals surface area contributed by atoms with Crippen LogP contribution in [-0.4, -0.2) is 31.8 Å². The van der Waals surface area contributed by atoms with Crippen molar-refractivity contribution >= 4 is 5.91 Å². The lowest BCUT2D eigenvalue weighted by molar-refractivity contribution is -0.122. The van der Waals surface area contributed by atoms with Gasteiger partial charge in [-0.05, 0) is 31.0 Å². The maximum absolute atomic E-state index is 12.0. The fourth-order valence-corrected chi connectivity index (χ4v) is 1.96. The SMILES string of the molecule is CCn1cnnc1CNC(=O)C(N)Cc1ccc(O)cc1. The zero-order valence-electron chi connectivity index (χ0n) is 11.9. The second-order valence-electron chi connectivity index (χ2n) is 4.73. The van der Waals surface area contributed by atoms with E-state index in [1.54, 1.807) is 30.6 Å². The zero-order valence-corrected chi connectivity index (χ0v) is 11.9. The van der Waals surface area contributed by atoms with Crippen LogP contribution in [0, 0.1) is 0 Å². The highest BCUT2D eigenvalue weighted by Crippen LogP contribution is 2.10. The van der Waals surface area contributed by atoms with Crippen LogP contribution in [0.15, 0.2) is 30.6 Å². The fraction of sp³-hybridized carbons (Fsp3) is 0.357. The van der Waals surface area contributed by atoms with Gasteiger partial charge in [-0.2, -0.15) is 0 Å². The van der Waals surface area contributed by atoms with Crippen molar-refractivity contribution in [3.05, 3.63) is 42.0 Å². The summed E-state index contributed by atoms with van der Waals surface area (Å²) in [6.07, 6.45) is 2.03. The molecule has 0 aliphatic rings. The second-order valence-corrected chi connectivity index (χ2v) is 4.73. The topological polar surface area (TPSA) is 106 Å². The minimum absolute atomic E-state index is 0.190. The maximum Gasteiger partial charge on any atom is 0.237 e. The van der Waals surface area contributed by atoms with Gasteiger partial charge in [0.25, 0.3) is 0 Å². The number of aromatic hydroxyl groups is 1. The molecule has 0 spiro atoms. The van der Waals surface area contributed by atoms with Gasteiger partial charge in [-0.1, -0.05) is 12.1 Å². The first-order valence-electron chi connectivity index (χ1n) is 6.78. The molecule has 0 radical (unpaired) electrons. The fourth-order valence-electron chi connectivity index (χ4n) is 1.96. The van der Waals surface area contributed by atoms with Crippen molar-refractivity contribution in [2.45, 2.75) is 32.5 Å². The molecule has 21 heavy (non-hydrogen) atoms. The summed E-state index contributed by atoms with van der Waals surface area (Å²) in [5.74, 6) is 0.645. The van der Waals surface area contributed by atoms with Crippen LogP contribution in [0.1, 0.15) is 18.3 Å². The number of nitrogens with one attached hydrogen (secondary N) is 1. The monoisotopic (exact) mass is 289 g/mol. The van der Waals surface area contributed by atoms with Crippen molar-refractivity contribution in [1.29, 1.82) is 0 Å². The van der Waals surface area contributed by atoms with E-state index in [2.05, 4.69) is 15.5 Å². The van der Waals surface area contributed by atoms with Crippen LogP contribution in [-0.2, 0) is 24.3 Å². The molecule has 7 nitrogen and oxygen atoms in total. The van der Waals surface area contributed by atoms with Gasteiger partial charge < -0.3 is 20.7 Å². The zero-order chi connectivity index (χ0) is 15.2. The number of aromatic nitrogens is 3. The highest BCUT2D eigenvalue weighted by Gasteiger charge is 2.14. The third-order valence-corrected chi connectivity index (χ3v) is 3.19. The summed E-state index contributed by atoms with van der Waals surface area (Å²) in [7, 11) is 0. The Balaban J connectivity index is 1.86. The lowest BCUT2D eigenvalue weighted by Gasteiger charge is -2.12. The predicted molar refractivity (Wildman–Crippen MR) is 77.3 cm³/mol. The highest BCUT2D eigenvalue weighted by atomic mass is 16.3. The average Bonchev–Trinajstić information content (AvgIpc) is 2.94. The van der Waals surface area contributed by atoms with Gasteiger partial charge in [-0.15, -0.1) is 10.2 Å². The van der Waals surface area contributed by atoms with Crippen LogP contribution in [0.5, 0.6) is 5.75 Å². The summed E-state index contributed by atoms with van der Waals surface area (Å²) < 4.78 is 1.85. The summed E-state index contributed by atoms with van der Waals surface area (Å²) in [4.78, 5) is 12.0. The molecule has 0 saturated heterocycles. The van der Waals surface area contributed by atoms with Gasteiger partial charge in [0.1, 0.15) is 12.1 Å². The smallest absolute Gasteiger partial charge is 0.237 e. The van der Waals surface area contributed by atoms with E-state index in [4.69, 9.17) is 5.73 Å². The maximum atomic E-state index is 12.0. The number of rotatable bonds is 6. The summed E-state index contributed by atoms with van der Waals surface area (Å²) in [6.45, 7) is 3.03. The van der Waals surface area contributed by atoms with E-state index in [0.29, 0.717) is 18.8 Å². The Morgan fingerprint density at radius 2 is 2.14 bits per heavy atom. The number of nitrogens with two attached hydrogens (primary N) is 1. The van der Waals surface area contributed by atoms with E-state index in [9.17, 15) is 9.90 Å². The summed E-state index contributed by atoms with van der Waals surface area (Å²) in [6, 6.07) is 5.99. The van der Waals surface area contributed by atoms with Gasteiger partial charge in [-0.3, -0.25) is 4.79 Å². The van der Waals surface area contributed by atoms with Crippen molar-refractivity contribution in [3.8, 4) is 5.75 Å². The molecule has 0 fully saturated rings. The molecule has 2 aromatic rings. The average molecular weight is 289 g/mol. The van der Waals surface area contributed by atoms with Crippen molar-refractivity contribution in [3.63, 3.8) is 0 Å². The number of amides is 1. The molecule has 1 amide bonds. The van der Waals surface area contributed by atoms with Crippen LogP contribution >= 0.6 is 0 Å².